The van der Waals surface area contributed by atoms with Crippen molar-refractivity contribution >= 4 is 16.9 Å². The Bertz CT molecular complexity index is 860. The minimum absolute atomic E-state index is 0.0618. The molecule has 1 unspecified atom stereocenters. The third-order valence-corrected chi connectivity index (χ3v) is 4.48. The van der Waals surface area contributed by atoms with Crippen molar-refractivity contribution in [1.29, 1.82) is 0 Å². The highest BCUT2D eigenvalue weighted by molar-refractivity contribution is 5.96. The summed E-state index contributed by atoms with van der Waals surface area (Å²) in [4.78, 5) is 12.5. The first-order valence-corrected chi connectivity index (χ1v) is 8.33. The van der Waals surface area contributed by atoms with Crippen LogP contribution in [0.4, 0.5) is 0 Å². The van der Waals surface area contributed by atoms with Gasteiger partial charge in [0.2, 0.25) is 0 Å². The molecule has 1 aliphatic rings. The molecular formula is C18H20N4O2. The number of hydrogen-bond acceptors (Lipinski definition) is 4. The van der Waals surface area contributed by atoms with Gasteiger partial charge < -0.3 is 14.3 Å². The maximum Gasteiger partial charge on any atom is 0.287 e. The number of benzene rings is 1. The van der Waals surface area contributed by atoms with Gasteiger partial charge in [0.25, 0.3) is 5.91 Å². The molecule has 0 aliphatic carbocycles. The van der Waals surface area contributed by atoms with Gasteiger partial charge in [-0.3, -0.25) is 4.79 Å². The highest BCUT2D eigenvalue weighted by Crippen LogP contribution is 2.22. The van der Waals surface area contributed by atoms with Gasteiger partial charge in [-0.15, -0.1) is 10.2 Å². The molecule has 124 valence electrons. The number of para-hydroxylation sites is 1. The maximum atomic E-state index is 12.5. The van der Waals surface area contributed by atoms with E-state index in [4.69, 9.17) is 4.42 Å². The number of fused-ring (bicyclic) bond motifs is 2. The lowest BCUT2D eigenvalue weighted by molar-refractivity contribution is 0.0901. The van der Waals surface area contributed by atoms with Crippen molar-refractivity contribution in [2.24, 2.45) is 0 Å². The van der Waals surface area contributed by atoms with Crippen molar-refractivity contribution in [1.82, 2.24) is 20.1 Å². The number of nitrogens with one attached hydrogen (secondary N) is 1. The van der Waals surface area contributed by atoms with Crippen molar-refractivity contribution < 1.29 is 9.21 Å². The monoisotopic (exact) mass is 324 g/mol. The Labute approximate surface area is 139 Å². The second-order valence-corrected chi connectivity index (χ2v) is 6.60. The number of carbonyl (C=O) groups excluding carboxylic acids is 1. The number of furan rings is 1. The zero-order valence-corrected chi connectivity index (χ0v) is 13.8. The van der Waals surface area contributed by atoms with Gasteiger partial charge in [-0.05, 0) is 18.6 Å². The highest BCUT2D eigenvalue weighted by atomic mass is 16.3. The summed E-state index contributed by atoms with van der Waals surface area (Å²) >= 11 is 0. The third-order valence-electron chi connectivity index (χ3n) is 4.48. The topological polar surface area (TPSA) is 73.0 Å². The lowest BCUT2D eigenvalue weighted by Crippen LogP contribution is -2.41. The summed E-state index contributed by atoms with van der Waals surface area (Å²) in [5.41, 5.74) is 0.731. The van der Waals surface area contributed by atoms with Crippen molar-refractivity contribution in [2.45, 2.75) is 45.2 Å². The van der Waals surface area contributed by atoms with Crippen LogP contribution in [-0.2, 0) is 13.0 Å². The normalized spacial score (nSPS) is 17.2. The van der Waals surface area contributed by atoms with Crippen LogP contribution in [0.3, 0.4) is 0 Å². The molecule has 0 radical (unpaired) electrons. The van der Waals surface area contributed by atoms with Gasteiger partial charge >= 0.3 is 0 Å². The molecule has 1 amide bonds. The van der Waals surface area contributed by atoms with E-state index in [0.717, 1.165) is 35.5 Å². The van der Waals surface area contributed by atoms with Crippen LogP contribution in [0.1, 0.15) is 48.4 Å². The summed E-state index contributed by atoms with van der Waals surface area (Å²) in [5, 5.41) is 12.6. The van der Waals surface area contributed by atoms with Crippen LogP contribution in [0.2, 0.25) is 0 Å². The zero-order valence-electron chi connectivity index (χ0n) is 13.8. The summed E-state index contributed by atoms with van der Waals surface area (Å²) in [6.07, 6.45) is 1.69. The molecule has 3 heterocycles. The van der Waals surface area contributed by atoms with Crippen LogP contribution in [0.5, 0.6) is 0 Å². The number of aromatic nitrogens is 3. The molecular weight excluding hydrogens is 304 g/mol. The van der Waals surface area contributed by atoms with Crippen molar-refractivity contribution in [3.8, 4) is 0 Å². The van der Waals surface area contributed by atoms with Crippen LogP contribution < -0.4 is 5.32 Å². The molecule has 1 aromatic carbocycles. The van der Waals surface area contributed by atoms with E-state index in [1.165, 1.54) is 0 Å². The summed E-state index contributed by atoms with van der Waals surface area (Å²) in [5.74, 6) is 2.49. The Balaban J connectivity index is 1.51. The first kappa shape index (κ1) is 14.9. The maximum absolute atomic E-state index is 12.5. The van der Waals surface area contributed by atoms with Crippen LogP contribution >= 0.6 is 0 Å². The number of hydrogen-bond donors (Lipinski definition) is 1. The molecule has 1 aliphatic heterocycles. The van der Waals surface area contributed by atoms with Gasteiger partial charge in [-0.2, -0.15) is 0 Å². The summed E-state index contributed by atoms with van der Waals surface area (Å²) in [7, 11) is 0. The molecule has 3 aromatic rings. The first-order valence-electron chi connectivity index (χ1n) is 8.33. The zero-order chi connectivity index (χ0) is 16.7. The number of nitrogens with zero attached hydrogens (tertiary/aromatic N) is 3. The molecule has 0 saturated carbocycles. The lowest BCUT2D eigenvalue weighted by atomic mass is 10.1. The second kappa shape index (κ2) is 5.78. The largest absolute Gasteiger partial charge is 0.451 e. The van der Waals surface area contributed by atoms with Crippen molar-refractivity contribution in [3.63, 3.8) is 0 Å². The smallest absolute Gasteiger partial charge is 0.287 e. The SMILES string of the molecule is CC(C)c1nnc2n1CC(NC(=O)c1cc3ccccc3o1)CC2. The van der Waals surface area contributed by atoms with E-state index in [1.54, 1.807) is 6.07 Å². The minimum Gasteiger partial charge on any atom is -0.451 e. The van der Waals surface area contributed by atoms with Crippen LogP contribution in [0.25, 0.3) is 11.0 Å². The summed E-state index contributed by atoms with van der Waals surface area (Å²) in [6, 6.07) is 9.49. The van der Waals surface area contributed by atoms with Crippen LogP contribution in [-0.4, -0.2) is 26.7 Å². The van der Waals surface area contributed by atoms with Gasteiger partial charge in [0.15, 0.2) is 5.76 Å². The molecule has 6 heteroatoms. The fourth-order valence-electron chi connectivity index (χ4n) is 3.24. The number of rotatable bonds is 3. The molecule has 0 spiro atoms. The Morgan fingerprint density at radius 1 is 1.33 bits per heavy atom. The molecule has 1 atom stereocenters. The molecule has 6 nitrogen and oxygen atoms in total. The molecule has 24 heavy (non-hydrogen) atoms. The Kier molecular flexibility index (Phi) is 3.59. The molecule has 4 rings (SSSR count). The second-order valence-electron chi connectivity index (χ2n) is 6.60. The van der Waals surface area contributed by atoms with E-state index in [1.807, 2.05) is 24.3 Å². The van der Waals surface area contributed by atoms with Gasteiger partial charge in [0.05, 0.1) is 0 Å². The molecule has 0 fully saturated rings. The molecule has 1 N–H and O–H groups in total. The van der Waals surface area contributed by atoms with E-state index in [0.29, 0.717) is 18.2 Å². The third kappa shape index (κ3) is 2.58. The fraction of sp³-hybridized carbons (Fsp3) is 0.389. The van der Waals surface area contributed by atoms with E-state index in [9.17, 15) is 4.79 Å². The lowest BCUT2D eigenvalue weighted by Gasteiger charge is -2.25. The van der Waals surface area contributed by atoms with Crippen LogP contribution in [0, 0.1) is 0 Å². The van der Waals surface area contributed by atoms with E-state index < -0.39 is 0 Å². The van der Waals surface area contributed by atoms with Crippen LogP contribution in [0.15, 0.2) is 34.7 Å². The highest BCUT2D eigenvalue weighted by Gasteiger charge is 2.26. The average molecular weight is 324 g/mol. The summed E-state index contributed by atoms with van der Waals surface area (Å²) < 4.78 is 7.78. The van der Waals surface area contributed by atoms with E-state index >= 15 is 0 Å². The number of aryl methyl sites for hydroxylation is 1. The predicted molar refractivity (Wildman–Crippen MR) is 89.9 cm³/mol. The number of amides is 1. The van der Waals surface area contributed by atoms with Gasteiger partial charge in [-0.1, -0.05) is 32.0 Å². The summed E-state index contributed by atoms with van der Waals surface area (Å²) in [6.45, 7) is 4.92. The van der Waals surface area contributed by atoms with Crippen molar-refractivity contribution in [3.05, 3.63) is 47.7 Å². The minimum atomic E-state index is -0.168. The Hall–Kier alpha value is -2.63. The average Bonchev–Trinajstić information content (AvgIpc) is 3.18. The Morgan fingerprint density at radius 3 is 2.96 bits per heavy atom. The molecule has 0 saturated heterocycles. The quantitative estimate of drug-likeness (QED) is 0.804. The fourth-order valence-corrected chi connectivity index (χ4v) is 3.24. The Morgan fingerprint density at radius 2 is 2.17 bits per heavy atom. The van der Waals surface area contributed by atoms with E-state index in [2.05, 4.69) is 33.9 Å². The van der Waals surface area contributed by atoms with Crippen molar-refractivity contribution in [2.75, 3.05) is 0 Å². The van der Waals surface area contributed by atoms with E-state index in [-0.39, 0.29) is 11.9 Å². The predicted octanol–water partition coefficient (Wildman–Crippen LogP) is 2.89. The molecule has 0 bridgehead atoms. The standard InChI is InChI=1S/C18H20N4O2/c1-11(2)17-21-20-16-8-7-13(10-22(16)17)19-18(23)15-9-12-5-3-4-6-14(12)24-15/h3-6,9,11,13H,7-8,10H2,1-2H3,(H,19,23). The van der Waals surface area contributed by atoms with Gasteiger partial charge in [-0.25, -0.2) is 0 Å². The van der Waals surface area contributed by atoms with Gasteiger partial charge in [0.1, 0.15) is 17.2 Å². The first-order chi connectivity index (χ1) is 11.6. The van der Waals surface area contributed by atoms with Gasteiger partial charge in [0, 0.05) is 30.3 Å². The number of carbonyl (C=O) groups is 1. The molecule has 2 aromatic heterocycles.